The summed E-state index contributed by atoms with van der Waals surface area (Å²) in [6.45, 7) is -3.24. The van der Waals surface area contributed by atoms with Crippen LogP contribution in [0.2, 0.25) is 0 Å². The summed E-state index contributed by atoms with van der Waals surface area (Å²) in [7, 11) is 0. The summed E-state index contributed by atoms with van der Waals surface area (Å²) >= 11 is 0. The lowest BCUT2D eigenvalue weighted by Crippen LogP contribution is -2.05. The molecule has 0 bridgehead atoms. The van der Waals surface area contributed by atoms with E-state index in [0.29, 0.717) is 12.1 Å². The predicted octanol–water partition coefficient (Wildman–Crippen LogP) is 2.38. The second-order valence-electron chi connectivity index (χ2n) is 2.30. The van der Waals surface area contributed by atoms with Gasteiger partial charge in [-0.05, 0) is 6.07 Å². The van der Waals surface area contributed by atoms with Gasteiger partial charge in [0.2, 0.25) is 0 Å². The molecule has 76 valence electrons. The quantitative estimate of drug-likeness (QED) is 0.563. The van der Waals surface area contributed by atoms with E-state index >= 15 is 0 Å². The number of carbonyl (C=O) groups is 1. The van der Waals surface area contributed by atoms with Crippen LogP contribution in [0.1, 0.15) is 10.4 Å². The maximum Gasteiger partial charge on any atom is 0.387 e. The molecular formula is C8H4F4O2. The van der Waals surface area contributed by atoms with Crippen molar-refractivity contribution in [2.45, 2.75) is 6.61 Å². The van der Waals surface area contributed by atoms with E-state index in [1.165, 1.54) is 0 Å². The highest BCUT2D eigenvalue weighted by Gasteiger charge is 2.13. The second-order valence-corrected chi connectivity index (χ2v) is 2.30. The maximum absolute atomic E-state index is 12.8. The molecule has 1 aromatic carbocycles. The Morgan fingerprint density at radius 3 is 2.36 bits per heavy atom. The monoisotopic (exact) mass is 208 g/mol. The van der Waals surface area contributed by atoms with Crippen LogP contribution in [-0.4, -0.2) is 12.9 Å². The molecule has 1 aromatic rings. The Morgan fingerprint density at radius 2 is 1.86 bits per heavy atom. The highest BCUT2D eigenvalue weighted by molar-refractivity contribution is 5.75. The largest absolute Gasteiger partial charge is 0.432 e. The van der Waals surface area contributed by atoms with Gasteiger partial charge in [0.05, 0.1) is 5.56 Å². The van der Waals surface area contributed by atoms with Crippen LogP contribution in [0.15, 0.2) is 12.1 Å². The maximum atomic E-state index is 12.8. The number of benzene rings is 1. The molecule has 0 atom stereocenters. The smallest absolute Gasteiger partial charge is 0.387 e. The van der Waals surface area contributed by atoms with Gasteiger partial charge in [-0.1, -0.05) is 0 Å². The lowest BCUT2D eigenvalue weighted by atomic mass is 10.2. The Morgan fingerprint density at radius 1 is 1.21 bits per heavy atom. The molecule has 0 unspecified atom stereocenters. The number of hydrogen-bond acceptors (Lipinski definition) is 2. The van der Waals surface area contributed by atoms with E-state index in [1.807, 2.05) is 0 Å². The van der Waals surface area contributed by atoms with Gasteiger partial charge in [-0.3, -0.25) is 4.79 Å². The second kappa shape index (κ2) is 4.08. The van der Waals surface area contributed by atoms with Crippen LogP contribution >= 0.6 is 0 Å². The Balaban J connectivity index is 3.08. The van der Waals surface area contributed by atoms with Gasteiger partial charge in [0.25, 0.3) is 0 Å². The standard InChI is InChI=1S/C8H4F4O2/c9-5-2-7(14-8(11)12)6(10)1-4(5)3-13/h1-3,8H. The first-order valence-electron chi connectivity index (χ1n) is 3.43. The van der Waals surface area contributed by atoms with Crippen molar-refractivity contribution >= 4 is 6.29 Å². The third-order valence-corrected chi connectivity index (χ3v) is 1.39. The Hall–Kier alpha value is -1.59. The van der Waals surface area contributed by atoms with Crippen LogP contribution in [-0.2, 0) is 0 Å². The van der Waals surface area contributed by atoms with Crippen molar-refractivity contribution in [2.75, 3.05) is 0 Å². The first-order chi connectivity index (χ1) is 6.54. The zero-order valence-corrected chi connectivity index (χ0v) is 6.64. The zero-order chi connectivity index (χ0) is 10.7. The van der Waals surface area contributed by atoms with Gasteiger partial charge in [0.1, 0.15) is 5.82 Å². The summed E-state index contributed by atoms with van der Waals surface area (Å²) in [5, 5.41) is 0. The normalized spacial score (nSPS) is 10.4. The van der Waals surface area contributed by atoms with E-state index in [0.717, 1.165) is 0 Å². The first kappa shape index (κ1) is 10.5. The minimum absolute atomic E-state index is 0.0740. The van der Waals surface area contributed by atoms with E-state index in [1.54, 1.807) is 0 Å². The first-order valence-corrected chi connectivity index (χ1v) is 3.43. The number of alkyl halides is 2. The predicted molar refractivity (Wildman–Crippen MR) is 38.4 cm³/mol. The summed E-state index contributed by atoms with van der Waals surface area (Å²) in [4.78, 5) is 10.1. The van der Waals surface area contributed by atoms with Crippen molar-refractivity contribution in [1.82, 2.24) is 0 Å². The molecular weight excluding hydrogens is 204 g/mol. The summed E-state index contributed by atoms with van der Waals surface area (Å²) < 4.78 is 52.5. The molecule has 14 heavy (non-hydrogen) atoms. The molecule has 0 heterocycles. The fraction of sp³-hybridized carbons (Fsp3) is 0.125. The minimum Gasteiger partial charge on any atom is -0.432 e. The van der Waals surface area contributed by atoms with E-state index in [4.69, 9.17) is 0 Å². The van der Waals surface area contributed by atoms with Crippen LogP contribution in [0, 0.1) is 11.6 Å². The van der Waals surface area contributed by atoms with E-state index in [-0.39, 0.29) is 6.29 Å². The summed E-state index contributed by atoms with van der Waals surface area (Å²) in [5.74, 6) is -3.26. The fourth-order valence-corrected chi connectivity index (χ4v) is 0.821. The molecule has 0 aliphatic carbocycles. The van der Waals surface area contributed by atoms with E-state index in [2.05, 4.69) is 4.74 Å². The number of aldehydes is 1. The molecule has 0 saturated heterocycles. The number of rotatable bonds is 3. The van der Waals surface area contributed by atoms with E-state index in [9.17, 15) is 22.4 Å². The van der Waals surface area contributed by atoms with Crippen molar-refractivity contribution < 1.29 is 27.1 Å². The van der Waals surface area contributed by atoms with Crippen molar-refractivity contribution in [2.24, 2.45) is 0 Å². The van der Waals surface area contributed by atoms with Crippen molar-refractivity contribution in [3.63, 3.8) is 0 Å². The van der Waals surface area contributed by atoms with Crippen LogP contribution in [0.4, 0.5) is 17.6 Å². The Labute approximate surface area is 76.1 Å². The van der Waals surface area contributed by atoms with Gasteiger partial charge in [0.15, 0.2) is 17.9 Å². The van der Waals surface area contributed by atoms with Crippen LogP contribution in [0.3, 0.4) is 0 Å². The SMILES string of the molecule is O=Cc1cc(F)c(OC(F)F)cc1F. The number of carbonyl (C=O) groups excluding carboxylic acids is 1. The molecule has 0 aliphatic rings. The van der Waals surface area contributed by atoms with E-state index < -0.39 is 29.6 Å². The summed E-state index contributed by atoms with van der Waals surface area (Å²) in [6.07, 6.45) is 0.0740. The average molecular weight is 208 g/mol. The topological polar surface area (TPSA) is 26.3 Å². The van der Waals surface area contributed by atoms with Gasteiger partial charge in [-0.2, -0.15) is 8.78 Å². The average Bonchev–Trinajstić information content (AvgIpc) is 2.10. The molecule has 1 rings (SSSR count). The summed E-state index contributed by atoms with van der Waals surface area (Å²) in [5.41, 5.74) is -0.552. The van der Waals surface area contributed by atoms with Crippen molar-refractivity contribution in [1.29, 1.82) is 0 Å². The van der Waals surface area contributed by atoms with Gasteiger partial charge < -0.3 is 4.74 Å². The third-order valence-electron chi connectivity index (χ3n) is 1.39. The Kier molecular flexibility index (Phi) is 3.06. The lowest BCUT2D eigenvalue weighted by molar-refractivity contribution is -0.0523. The minimum atomic E-state index is -3.24. The zero-order valence-electron chi connectivity index (χ0n) is 6.64. The highest BCUT2D eigenvalue weighted by atomic mass is 19.3. The van der Waals surface area contributed by atoms with Gasteiger partial charge in [-0.15, -0.1) is 0 Å². The van der Waals surface area contributed by atoms with Crippen molar-refractivity contribution in [3.8, 4) is 5.75 Å². The number of ether oxygens (including phenoxy) is 1. The lowest BCUT2D eigenvalue weighted by Gasteiger charge is -2.06. The highest BCUT2D eigenvalue weighted by Crippen LogP contribution is 2.22. The molecule has 0 aromatic heterocycles. The molecule has 0 fully saturated rings. The number of hydrogen-bond donors (Lipinski definition) is 0. The molecule has 0 amide bonds. The molecule has 0 saturated carbocycles. The fourth-order valence-electron chi connectivity index (χ4n) is 0.821. The Bertz CT molecular complexity index is 351. The molecule has 0 N–H and O–H groups in total. The molecule has 2 nitrogen and oxygen atoms in total. The third kappa shape index (κ3) is 2.21. The van der Waals surface area contributed by atoms with Gasteiger partial charge in [-0.25, -0.2) is 8.78 Å². The van der Waals surface area contributed by atoms with Crippen LogP contribution in [0.5, 0.6) is 5.75 Å². The van der Waals surface area contributed by atoms with Crippen LogP contribution < -0.4 is 4.74 Å². The van der Waals surface area contributed by atoms with Crippen molar-refractivity contribution in [3.05, 3.63) is 29.3 Å². The van der Waals surface area contributed by atoms with Crippen LogP contribution in [0.25, 0.3) is 0 Å². The summed E-state index contributed by atoms with van der Waals surface area (Å²) in [6, 6.07) is 0.880. The molecule has 0 aliphatic heterocycles. The van der Waals surface area contributed by atoms with Gasteiger partial charge in [0, 0.05) is 6.07 Å². The molecule has 0 spiro atoms. The van der Waals surface area contributed by atoms with Gasteiger partial charge >= 0.3 is 6.61 Å². The molecule has 0 radical (unpaired) electrons. The molecule has 6 heteroatoms. The number of halogens is 4.